The molecule has 0 saturated heterocycles. The van der Waals surface area contributed by atoms with Crippen LogP contribution >= 0.6 is 11.8 Å². The van der Waals surface area contributed by atoms with Crippen molar-refractivity contribution in [3.05, 3.63) is 96.3 Å². The third-order valence-electron chi connectivity index (χ3n) is 5.02. The van der Waals surface area contributed by atoms with Crippen LogP contribution in [-0.2, 0) is 11.2 Å². The number of nitrogens with one attached hydrogen (secondary N) is 1. The van der Waals surface area contributed by atoms with Gasteiger partial charge in [0.2, 0.25) is 5.91 Å². The number of thioether (sulfide) groups is 1. The maximum absolute atomic E-state index is 13.0. The molecule has 0 bridgehead atoms. The molecule has 1 atom stereocenters. The van der Waals surface area contributed by atoms with Crippen molar-refractivity contribution in [3.8, 4) is 11.4 Å². The first-order valence-corrected chi connectivity index (χ1v) is 11.8. The maximum atomic E-state index is 13.0. The first-order chi connectivity index (χ1) is 16.2. The van der Waals surface area contributed by atoms with E-state index in [-0.39, 0.29) is 5.91 Å². The van der Waals surface area contributed by atoms with Crippen LogP contribution < -0.4 is 10.1 Å². The summed E-state index contributed by atoms with van der Waals surface area (Å²) in [5, 5.41) is 12.2. The Morgan fingerprint density at radius 1 is 0.970 bits per heavy atom. The minimum absolute atomic E-state index is 0.126. The molecule has 33 heavy (non-hydrogen) atoms. The van der Waals surface area contributed by atoms with Gasteiger partial charge in [-0.1, -0.05) is 72.4 Å². The topological polar surface area (TPSA) is 69.0 Å². The fourth-order valence-electron chi connectivity index (χ4n) is 3.40. The second-order valence-corrected chi connectivity index (χ2v) is 8.72. The number of hydrogen-bond donors (Lipinski definition) is 1. The molecule has 1 aromatic heterocycles. The van der Waals surface area contributed by atoms with Crippen LogP contribution in [0.4, 0.5) is 5.69 Å². The van der Waals surface area contributed by atoms with Crippen molar-refractivity contribution in [3.63, 3.8) is 0 Å². The van der Waals surface area contributed by atoms with Gasteiger partial charge in [0.05, 0.1) is 17.5 Å². The van der Waals surface area contributed by atoms with Gasteiger partial charge in [0.25, 0.3) is 0 Å². The number of para-hydroxylation sites is 3. The summed E-state index contributed by atoms with van der Waals surface area (Å²) in [4.78, 5) is 13.0. The Balaban J connectivity index is 1.57. The minimum atomic E-state index is -0.393. The molecule has 0 fully saturated rings. The number of nitrogens with zero attached hydrogens (tertiary/aromatic N) is 3. The summed E-state index contributed by atoms with van der Waals surface area (Å²) in [6.45, 7) is 4.31. The van der Waals surface area contributed by atoms with E-state index in [1.165, 1.54) is 11.8 Å². The third-order valence-corrected chi connectivity index (χ3v) is 6.06. The smallest absolute Gasteiger partial charge is 0.237 e. The lowest BCUT2D eigenvalue weighted by molar-refractivity contribution is -0.115. The molecule has 1 heterocycles. The molecule has 0 aliphatic carbocycles. The number of benzene rings is 3. The number of aromatic nitrogens is 3. The van der Waals surface area contributed by atoms with Gasteiger partial charge < -0.3 is 10.1 Å². The van der Waals surface area contributed by atoms with Gasteiger partial charge in [-0.3, -0.25) is 9.36 Å². The first-order valence-electron chi connectivity index (χ1n) is 10.9. The van der Waals surface area contributed by atoms with Crippen LogP contribution in [-0.4, -0.2) is 32.5 Å². The second kappa shape index (κ2) is 10.8. The summed E-state index contributed by atoms with van der Waals surface area (Å²) >= 11 is 1.38. The van der Waals surface area contributed by atoms with Crippen LogP contribution in [0.5, 0.6) is 5.75 Å². The Kier molecular flexibility index (Phi) is 7.42. The zero-order valence-corrected chi connectivity index (χ0v) is 19.5. The van der Waals surface area contributed by atoms with Crippen LogP contribution in [0.2, 0.25) is 0 Å². The Morgan fingerprint density at radius 2 is 1.64 bits per heavy atom. The standard InChI is InChI=1S/C26H26N4O2S/c1-3-32-23-17-11-10-16-22(23)27-25(31)19(2)33-26-29-28-24(18-20-12-6-4-7-13-20)30(26)21-14-8-5-9-15-21/h4-17,19H,3,18H2,1-2H3,(H,27,31). The van der Waals surface area contributed by atoms with E-state index in [4.69, 9.17) is 4.74 Å². The summed E-state index contributed by atoms with van der Waals surface area (Å²) in [5.74, 6) is 1.35. The van der Waals surface area contributed by atoms with Gasteiger partial charge in [0.1, 0.15) is 11.6 Å². The third kappa shape index (κ3) is 5.62. The Labute approximate surface area is 198 Å². The van der Waals surface area contributed by atoms with E-state index < -0.39 is 5.25 Å². The van der Waals surface area contributed by atoms with Gasteiger partial charge in [-0.2, -0.15) is 0 Å². The predicted molar refractivity (Wildman–Crippen MR) is 132 cm³/mol. The average molecular weight is 459 g/mol. The van der Waals surface area contributed by atoms with Gasteiger partial charge in [-0.15, -0.1) is 10.2 Å². The van der Waals surface area contributed by atoms with Crippen molar-refractivity contribution in [2.75, 3.05) is 11.9 Å². The highest BCUT2D eigenvalue weighted by atomic mass is 32.2. The number of carbonyl (C=O) groups is 1. The Hall–Kier alpha value is -3.58. The zero-order valence-electron chi connectivity index (χ0n) is 18.6. The number of ether oxygens (including phenoxy) is 1. The van der Waals surface area contributed by atoms with E-state index in [0.717, 1.165) is 17.1 Å². The molecule has 3 aromatic carbocycles. The van der Waals surface area contributed by atoms with Crippen LogP contribution in [0.15, 0.2) is 90.1 Å². The SMILES string of the molecule is CCOc1ccccc1NC(=O)C(C)Sc1nnc(Cc2ccccc2)n1-c1ccccc1. The molecule has 0 saturated carbocycles. The summed E-state index contributed by atoms with van der Waals surface area (Å²) in [6, 6.07) is 27.6. The molecular weight excluding hydrogens is 432 g/mol. The lowest BCUT2D eigenvalue weighted by atomic mass is 10.1. The lowest BCUT2D eigenvalue weighted by Gasteiger charge is -2.15. The molecule has 0 aliphatic rings. The molecular formula is C26H26N4O2S. The molecule has 1 amide bonds. The van der Waals surface area contributed by atoms with Crippen LogP contribution in [0.1, 0.15) is 25.2 Å². The lowest BCUT2D eigenvalue weighted by Crippen LogP contribution is -2.23. The predicted octanol–water partition coefficient (Wildman–Crippen LogP) is 5.38. The first kappa shape index (κ1) is 22.6. The Bertz CT molecular complexity index is 1200. The van der Waals surface area contributed by atoms with Gasteiger partial charge in [0, 0.05) is 12.1 Å². The van der Waals surface area contributed by atoms with E-state index in [2.05, 4.69) is 27.6 Å². The van der Waals surface area contributed by atoms with Gasteiger partial charge in [-0.05, 0) is 43.7 Å². The highest BCUT2D eigenvalue weighted by molar-refractivity contribution is 8.00. The molecule has 0 spiro atoms. The molecule has 0 radical (unpaired) electrons. The van der Waals surface area contributed by atoms with Crippen molar-refractivity contribution in [1.82, 2.24) is 14.8 Å². The Morgan fingerprint density at radius 3 is 2.36 bits per heavy atom. The number of anilines is 1. The highest BCUT2D eigenvalue weighted by Crippen LogP contribution is 2.29. The number of rotatable bonds is 9. The second-order valence-electron chi connectivity index (χ2n) is 7.41. The number of amides is 1. The van der Waals surface area contributed by atoms with E-state index in [0.29, 0.717) is 29.6 Å². The van der Waals surface area contributed by atoms with Gasteiger partial charge in [-0.25, -0.2) is 0 Å². The van der Waals surface area contributed by atoms with E-state index in [1.807, 2.05) is 91.2 Å². The van der Waals surface area contributed by atoms with Crippen molar-refractivity contribution in [1.29, 1.82) is 0 Å². The van der Waals surface area contributed by atoms with Gasteiger partial charge >= 0.3 is 0 Å². The normalized spacial score (nSPS) is 11.7. The summed E-state index contributed by atoms with van der Waals surface area (Å²) in [6.07, 6.45) is 0.644. The maximum Gasteiger partial charge on any atom is 0.237 e. The highest BCUT2D eigenvalue weighted by Gasteiger charge is 2.22. The summed E-state index contributed by atoms with van der Waals surface area (Å²) < 4.78 is 7.65. The minimum Gasteiger partial charge on any atom is -0.492 e. The van der Waals surface area contributed by atoms with E-state index in [1.54, 1.807) is 0 Å². The molecule has 7 heteroatoms. The van der Waals surface area contributed by atoms with Crippen molar-refractivity contribution in [2.45, 2.75) is 30.7 Å². The molecule has 4 rings (SSSR count). The zero-order chi connectivity index (χ0) is 23.0. The van der Waals surface area contributed by atoms with Crippen LogP contribution in [0, 0.1) is 0 Å². The molecule has 1 unspecified atom stereocenters. The molecule has 4 aromatic rings. The van der Waals surface area contributed by atoms with E-state index >= 15 is 0 Å². The van der Waals surface area contributed by atoms with Crippen LogP contribution in [0.25, 0.3) is 5.69 Å². The monoisotopic (exact) mass is 458 g/mol. The number of carbonyl (C=O) groups excluding carboxylic acids is 1. The quantitative estimate of drug-likeness (QED) is 0.341. The summed E-state index contributed by atoms with van der Waals surface area (Å²) in [5.41, 5.74) is 2.77. The van der Waals surface area contributed by atoms with Crippen molar-refractivity contribution in [2.24, 2.45) is 0 Å². The van der Waals surface area contributed by atoms with Crippen molar-refractivity contribution < 1.29 is 9.53 Å². The van der Waals surface area contributed by atoms with Crippen LogP contribution in [0.3, 0.4) is 0 Å². The molecule has 0 aliphatic heterocycles. The largest absolute Gasteiger partial charge is 0.492 e. The van der Waals surface area contributed by atoms with Gasteiger partial charge in [0.15, 0.2) is 5.16 Å². The van der Waals surface area contributed by atoms with E-state index in [9.17, 15) is 4.79 Å². The fourth-order valence-corrected chi connectivity index (χ4v) is 4.29. The molecule has 1 N–H and O–H groups in total. The molecule has 6 nitrogen and oxygen atoms in total. The summed E-state index contributed by atoms with van der Waals surface area (Å²) in [7, 11) is 0. The average Bonchev–Trinajstić information content (AvgIpc) is 3.23. The molecule has 168 valence electrons. The fraction of sp³-hybridized carbons (Fsp3) is 0.192. The van der Waals surface area contributed by atoms with Crippen molar-refractivity contribution >= 4 is 23.4 Å². The number of hydrogen-bond acceptors (Lipinski definition) is 5.